The number of amides is 2. The third-order valence-electron chi connectivity index (χ3n) is 8.74. The van der Waals surface area contributed by atoms with Crippen LogP contribution in [0.4, 0.5) is 36.8 Å². The van der Waals surface area contributed by atoms with Gasteiger partial charge in [-0.25, -0.2) is 4.79 Å². The van der Waals surface area contributed by atoms with E-state index >= 15 is 0 Å². The second-order valence-electron chi connectivity index (χ2n) is 11.8. The van der Waals surface area contributed by atoms with E-state index in [1.54, 1.807) is 48.5 Å². The number of pyridine rings is 1. The van der Waals surface area contributed by atoms with Crippen molar-refractivity contribution < 1.29 is 41.0 Å². The SMILES string of the molecule is COc1ccc(C(F)(F)F)cc1NC(=O)NCCc1c(C(c2ccc(C(F)(F)F)cc2)c2c(O)c3ccccc3n(C)c2=O)[nH]c2ccccc12. The van der Waals surface area contributed by atoms with E-state index in [1.165, 1.54) is 30.9 Å². The lowest BCUT2D eigenvalue weighted by Crippen LogP contribution is -2.31. The van der Waals surface area contributed by atoms with Gasteiger partial charge in [-0.05, 0) is 66.1 Å². The molecule has 1 unspecified atom stereocenters. The zero-order chi connectivity index (χ0) is 36.7. The van der Waals surface area contributed by atoms with Crippen molar-refractivity contribution in [1.82, 2.24) is 14.9 Å². The smallest absolute Gasteiger partial charge is 0.416 e. The fourth-order valence-corrected chi connectivity index (χ4v) is 6.29. The first kappa shape index (κ1) is 34.9. The van der Waals surface area contributed by atoms with E-state index in [-0.39, 0.29) is 41.3 Å². The second-order valence-corrected chi connectivity index (χ2v) is 11.8. The monoisotopic (exact) mass is 708 g/mol. The Morgan fingerprint density at radius 3 is 2.18 bits per heavy atom. The summed E-state index contributed by atoms with van der Waals surface area (Å²) in [6.45, 7) is -0.0522. The quantitative estimate of drug-likeness (QED) is 0.119. The Kier molecular flexibility index (Phi) is 9.19. The Morgan fingerprint density at radius 1 is 0.882 bits per heavy atom. The van der Waals surface area contributed by atoms with Gasteiger partial charge in [0.05, 0.1) is 40.9 Å². The molecule has 0 bridgehead atoms. The maximum absolute atomic E-state index is 14.0. The molecule has 0 aliphatic carbocycles. The minimum Gasteiger partial charge on any atom is -0.507 e. The van der Waals surface area contributed by atoms with Crippen molar-refractivity contribution >= 4 is 33.5 Å². The Labute approximate surface area is 286 Å². The standard InChI is InChI=1S/C37H30F6N4O4/c1-47-28-10-6-4-8-25(28)33(48)31(34(47)49)30(20-11-13-21(14-12-20)36(38,39)40)32-24(23-7-3-5-9-26(23)45-32)17-18-44-35(50)46-27-19-22(37(41,42)43)15-16-29(27)51-2/h3-16,19,30,45,48H,17-18H2,1-2H3,(H2,44,46,50). The zero-order valence-electron chi connectivity index (χ0n) is 27.0. The van der Waals surface area contributed by atoms with E-state index in [4.69, 9.17) is 4.74 Å². The number of fused-ring (bicyclic) bond motifs is 2. The minimum atomic E-state index is -4.66. The Morgan fingerprint density at radius 2 is 1.51 bits per heavy atom. The number of rotatable bonds is 8. The van der Waals surface area contributed by atoms with Crippen molar-refractivity contribution in [3.8, 4) is 11.5 Å². The summed E-state index contributed by atoms with van der Waals surface area (Å²) in [7, 11) is 2.78. The summed E-state index contributed by atoms with van der Waals surface area (Å²) in [5.74, 6) is -1.43. The topological polar surface area (TPSA) is 108 Å². The largest absolute Gasteiger partial charge is 0.507 e. The average Bonchev–Trinajstić information content (AvgIpc) is 3.46. The first-order valence-electron chi connectivity index (χ1n) is 15.6. The van der Waals surface area contributed by atoms with Gasteiger partial charge >= 0.3 is 18.4 Å². The van der Waals surface area contributed by atoms with Gasteiger partial charge in [0.15, 0.2) is 0 Å². The number of nitrogens with one attached hydrogen (secondary N) is 3. The van der Waals surface area contributed by atoms with Gasteiger partial charge in [0.2, 0.25) is 0 Å². The molecule has 0 spiro atoms. The van der Waals surface area contributed by atoms with Gasteiger partial charge in [-0.1, -0.05) is 42.5 Å². The maximum Gasteiger partial charge on any atom is 0.416 e. The number of hydrogen-bond acceptors (Lipinski definition) is 4. The summed E-state index contributed by atoms with van der Waals surface area (Å²) < 4.78 is 87.2. The van der Waals surface area contributed by atoms with Gasteiger partial charge < -0.3 is 30.0 Å². The molecule has 14 heteroatoms. The number of hydrogen-bond donors (Lipinski definition) is 4. The van der Waals surface area contributed by atoms with Crippen LogP contribution in [0.2, 0.25) is 0 Å². The van der Waals surface area contributed by atoms with Gasteiger partial charge in [-0.2, -0.15) is 26.3 Å². The molecule has 0 fully saturated rings. The fraction of sp³-hybridized carbons (Fsp3) is 0.189. The molecule has 2 heterocycles. The molecule has 0 aliphatic rings. The van der Waals surface area contributed by atoms with Crippen molar-refractivity contribution in [2.45, 2.75) is 24.7 Å². The number of H-pyrrole nitrogens is 1. The first-order chi connectivity index (χ1) is 24.2. The second kappa shape index (κ2) is 13.4. The van der Waals surface area contributed by atoms with Gasteiger partial charge in [0, 0.05) is 35.6 Å². The number of halogens is 6. The number of aromatic amines is 1. The van der Waals surface area contributed by atoms with E-state index in [0.717, 1.165) is 30.3 Å². The number of para-hydroxylation sites is 2. The van der Waals surface area contributed by atoms with Crippen molar-refractivity contribution in [2.75, 3.05) is 19.0 Å². The third-order valence-corrected chi connectivity index (χ3v) is 8.74. The van der Waals surface area contributed by atoms with E-state index in [9.17, 15) is 41.0 Å². The molecule has 2 aromatic heterocycles. The number of aromatic nitrogens is 2. The normalized spacial score (nSPS) is 12.6. The molecule has 51 heavy (non-hydrogen) atoms. The molecule has 6 aromatic rings. The average molecular weight is 709 g/mol. The third kappa shape index (κ3) is 6.81. The van der Waals surface area contributed by atoms with Crippen LogP contribution in [-0.2, 0) is 25.8 Å². The summed E-state index contributed by atoms with van der Waals surface area (Å²) in [6.07, 6.45) is -9.17. The number of alkyl halides is 6. The molecule has 4 aromatic carbocycles. The lowest BCUT2D eigenvalue weighted by Gasteiger charge is -2.22. The van der Waals surface area contributed by atoms with Crippen LogP contribution in [0.3, 0.4) is 0 Å². The van der Waals surface area contributed by atoms with Crippen LogP contribution >= 0.6 is 0 Å². The van der Waals surface area contributed by atoms with Crippen molar-refractivity contribution in [2.24, 2.45) is 7.05 Å². The van der Waals surface area contributed by atoms with Crippen LogP contribution in [0.1, 0.15) is 39.4 Å². The number of ether oxygens (including phenoxy) is 1. The van der Waals surface area contributed by atoms with E-state index in [1.807, 2.05) is 0 Å². The molecule has 0 radical (unpaired) electrons. The van der Waals surface area contributed by atoms with Crippen LogP contribution in [0.5, 0.6) is 11.5 Å². The molecule has 0 saturated heterocycles. The van der Waals surface area contributed by atoms with E-state index in [0.29, 0.717) is 33.1 Å². The van der Waals surface area contributed by atoms with Crippen LogP contribution in [-0.4, -0.2) is 34.3 Å². The lowest BCUT2D eigenvalue weighted by atomic mass is 9.84. The molecule has 0 saturated carbocycles. The molecule has 264 valence electrons. The van der Waals surface area contributed by atoms with Gasteiger partial charge in [0.1, 0.15) is 11.5 Å². The van der Waals surface area contributed by atoms with Crippen molar-refractivity contribution in [3.63, 3.8) is 0 Å². The summed E-state index contributed by atoms with van der Waals surface area (Å²) in [5.41, 5.74) is -0.427. The van der Waals surface area contributed by atoms with E-state index in [2.05, 4.69) is 15.6 Å². The van der Waals surface area contributed by atoms with Gasteiger partial charge in [-0.15, -0.1) is 0 Å². The summed E-state index contributed by atoms with van der Waals surface area (Å²) in [6, 6.07) is 19.9. The highest BCUT2D eigenvalue weighted by Crippen LogP contribution is 2.42. The Balaban J connectivity index is 1.42. The zero-order valence-corrected chi connectivity index (χ0v) is 27.0. The van der Waals surface area contributed by atoms with Crippen molar-refractivity contribution in [3.05, 3.63) is 135 Å². The molecule has 8 nitrogen and oxygen atoms in total. The van der Waals surface area contributed by atoms with Gasteiger partial charge in [-0.3, -0.25) is 4.79 Å². The predicted molar refractivity (Wildman–Crippen MR) is 180 cm³/mol. The minimum absolute atomic E-state index is 0.00761. The number of aromatic hydroxyl groups is 1. The number of urea groups is 1. The Hall–Kier alpha value is -5.92. The molecular formula is C37H30F6N4O4. The number of anilines is 1. The number of carbonyl (C=O) groups excluding carboxylic acids is 1. The number of carbonyl (C=O) groups is 1. The highest BCUT2D eigenvalue weighted by Gasteiger charge is 2.34. The van der Waals surface area contributed by atoms with Crippen LogP contribution < -0.4 is 20.9 Å². The highest BCUT2D eigenvalue weighted by atomic mass is 19.4. The number of nitrogens with zero attached hydrogens (tertiary/aromatic N) is 1. The molecule has 0 aliphatic heterocycles. The summed E-state index contributed by atoms with van der Waals surface area (Å²) in [5, 5.41) is 17.7. The number of aryl methyl sites for hydroxylation is 1. The molecule has 6 rings (SSSR count). The molecule has 4 N–H and O–H groups in total. The molecular weight excluding hydrogens is 678 g/mol. The van der Waals surface area contributed by atoms with Crippen LogP contribution in [0.15, 0.2) is 95.8 Å². The first-order valence-corrected chi connectivity index (χ1v) is 15.6. The maximum atomic E-state index is 14.0. The van der Waals surface area contributed by atoms with Crippen LogP contribution in [0.25, 0.3) is 21.8 Å². The predicted octanol–water partition coefficient (Wildman–Crippen LogP) is 8.32. The Bertz CT molecular complexity index is 2310. The van der Waals surface area contributed by atoms with Crippen molar-refractivity contribution in [1.29, 1.82) is 0 Å². The molecule has 2 amide bonds. The summed E-state index contributed by atoms with van der Waals surface area (Å²) in [4.78, 5) is 30.3. The van der Waals surface area contributed by atoms with E-state index < -0.39 is 41.0 Å². The molecule has 1 atom stereocenters. The van der Waals surface area contributed by atoms with Gasteiger partial charge in [0.25, 0.3) is 5.56 Å². The lowest BCUT2D eigenvalue weighted by molar-refractivity contribution is -0.138. The highest BCUT2D eigenvalue weighted by molar-refractivity contribution is 5.91. The number of benzene rings is 4. The van der Waals surface area contributed by atoms with Crippen LogP contribution in [0, 0.1) is 0 Å². The summed E-state index contributed by atoms with van der Waals surface area (Å²) >= 11 is 0. The fourth-order valence-electron chi connectivity index (χ4n) is 6.29. The number of methoxy groups -OCH3 is 1.